The Bertz CT molecular complexity index is 326. The molecule has 1 nitrogen and oxygen atoms in total. The average molecular weight is 395 g/mol. The molecule has 0 amide bonds. The predicted octanol–water partition coefficient (Wildman–Crippen LogP) is -2.23. The van der Waals surface area contributed by atoms with Crippen LogP contribution in [0.5, 0.6) is 0 Å². The minimum Gasteiger partial charge on any atom is -1.00 e. The standard InChI is InChI=1S/C9H15OSi.C5H5.2ClH.Zr/c1-4-10-11(2,3)9-7-5-6-8-9;1-2-4-5-3-1;;;/h5,7H,4,6H2,1-3H3;1-3H,4H2;2*1H;/q2*-1;;;+4/p-2. The molecule has 0 N–H and O–H groups in total. The summed E-state index contributed by atoms with van der Waals surface area (Å²) < 4.78 is 5.70. The van der Waals surface area contributed by atoms with E-state index in [0.29, 0.717) is 0 Å². The third kappa shape index (κ3) is 10.0. The molecule has 5 heteroatoms. The van der Waals surface area contributed by atoms with Crippen LogP contribution in [0.1, 0.15) is 19.8 Å². The van der Waals surface area contributed by atoms with Crippen molar-refractivity contribution in [2.24, 2.45) is 0 Å². The van der Waals surface area contributed by atoms with E-state index >= 15 is 0 Å². The fraction of sp³-hybridized carbons (Fsp3) is 0.429. The van der Waals surface area contributed by atoms with Gasteiger partial charge in [-0.2, -0.15) is 12.2 Å². The van der Waals surface area contributed by atoms with Gasteiger partial charge in [-0.15, -0.1) is 12.8 Å². The molecular formula is C14H20Cl2OSiZr. The first-order valence-corrected chi connectivity index (χ1v) is 8.71. The normalized spacial score (nSPS) is 14.6. The maximum Gasteiger partial charge on any atom is 4.00 e. The zero-order chi connectivity index (χ0) is 11.9. The summed E-state index contributed by atoms with van der Waals surface area (Å²) in [5.41, 5.74) is 0. The van der Waals surface area contributed by atoms with Gasteiger partial charge in [0, 0.05) is 6.61 Å². The van der Waals surface area contributed by atoms with E-state index in [1.54, 1.807) is 0 Å². The molecule has 2 rings (SSSR count). The molecule has 0 heterocycles. The summed E-state index contributed by atoms with van der Waals surface area (Å²) in [5.74, 6) is 0. The van der Waals surface area contributed by atoms with E-state index in [1.807, 2.05) is 19.1 Å². The van der Waals surface area contributed by atoms with E-state index in [2.05, 4.69) is 43.5 Å². The topological polar surface area (TPSA) is 9.23 Å². The third-order valence-corrected chi connectivity index (χ3v) is 5.09. The van der Waals surface area contributed by atoms with Crippen molar-refractivity contribution in [1.29, 1.82) is 0 Å². The molecule has 0 aromatic carbocycles. The van der Waals surface area contributed by atoms with Gasteiger partial charge >= 0.3 is 26.2 Å². The Balaban J connectivity index is -0.000000277. The SMILES string of the molecule is CCO[Si](C)(C)C1=[C-]CC=C1.[C-]1=CC=CC1.[Cl-].[Cl-].[Zr+4]. The van der Waals surface area contributed by atoms with Gasteiger partial charge in [0.25, 0.3) is 0 Å². The minimum absolute atomic E-state index is 0. The van der Waals surface area contributed by atoms with Crippen LogP contribution in [0.4, 0.5) is 0 Å². The van der Waals surface area contributed by atoms with Crippen molar-refractivity contribution in [3.8, 4) is 0 Å². The maximum absolute atomic E-state index is 5.70. The Hall–Kier alpha value is 0.600. The molecule has 0 aliphatic heterocycles. The first kappa shape index (κ1) is 24.6. The van der Waals surface area contributed by atoms with Crippen molar-refractivity contribution in [2.75, 3.05) is 6.61 Å². The molecule has 0 atom stereocenters. The Morgan fingerprint density at radius 1 is 1.21 bits per heavy atom. The van der Waals surface area contributed by atoms with Crippen LogP contribution in [0.3, 0.4) is 0 Å². The Labute approximate surface area is 150 Å². The predicted molar refractivity (Wildman–Crippen MR) is 71.2 cm³/mol. The molecule has 0 bridgehead atoms. The van der Waals surface area contributed by atoms with E-state index < -0.39 is 8.32 Å². The van der Waals surface area contributed by atoms with E-state index in [1.165, 1.54) is 5.20 Å². The molecule has 2 aliphatic rings. The van der Waals surface area contributed by atoms with Crippen LogP contribution in [-0.2, 0) is 30.6 Å². The van der Waals surface area contributed by atoms with Crippen LogP contribution in [0.15, 0.2) is 35.6 Å². The number of hydrogen-bond donors (Lipinski definition) is 0. The van der Waals surface area contributed by atoms with E-state index in [0.717, 1.165) is 19.4 Å². The molecule has 0 saturated carbocycles. The fourth-order valence-corrected chi connectivity index (χ4v) is 3.52. The van der Waals surface area contributed by atoms with Crippen molar-refractivity contribution >= 4 is 8.32 Å². The summed E-state index contributed by atoms with van der Waals surface area (Å²) in [6.07, 6.45) is 18.6. The van der Waals surface area contributed by atoms with Crippen molar-refractivity contribution in [3.05, 3.63) is 47.7 Å². The largest absolute Gasteiger partial charge is 4.00 e. The van der Waals surface area contributed by atoms with E-state index in [9.17, 15) is 0 Å². The van der Waals surface area contributed by atoms with Gasteiger partial charge in [0.05, 0.1) is 0 Å². The average Bonchev–Trinajstić information content (AvgIpc) is 2.95. The van der Waals surface area contributed by atoms with Gasteiger partial charge in [-0.05, 0) is 20.0 Å². The van der Waals surface area contributed by atoms with Gasteiger partial charge in [-0.25, -0.2) is 23.4 Å². The molecule has 0 unspecified atom stereocenters. The summed E-state index contributed by atoms with van der Waals surface area (Å²) in [6, 6.07) is 0. The molecule has 19 heavy (non-hydrogen) atoms. The number of rotatable bonds is 3. The Kier molecular flexibility index (Phi) is 17.6. The summed E-state index contributed by atoms with van der Waals surface area (Å²) in [7, 11) is -1.55. The molecule has 0 radical (unpaired) electrons. The number of allylic oxidation sites excluding steroid dienone is 8. The van der Waals surface area contributed by atoms with Crippen LogP contribution < -0.4 is 24.8 Å². The van der Waals surface area contributed by atoms with Gasteiger partial charge < -0.3 is 29.2 Å². The smallest absolute Gasteiger partial charge is 1.00 e. The van der Waals surface area contributed by atoms with E-state index in [4.69, 9.17) is 4.43 Å². The molecule has 0 saturated heterocycles. The first-order valence-electron chi connectivity index (χ1n) is 5.80. The van der Waals surface area contributed by atoms with Crippen molar-refractivity contribution in [3.63, 3.8) is 0 Å². The summed E-state index contributed by atoms with van der Waals surface area (Å²) in [4.78, 5) is 0. The molecule has 0 fully saturated rings. The second kappa shape index (κ2) is 13.6. The van der Waals surface area contributed by atoms with Crippen LogP contribution in [0.25, 0.3) is 0 Å². The summed E-state index contributed by atoms with van der Waals surface area (Å²) >= 11 is 0. The molecule has 104 valence electrons. The van der Waals surface area contributed by atoms with Crippen LogP contribution in [0, 0.1) is 12.2 Å². The van der Waals surface area contributed by atoms with Gasteiger partial charge in [0.1, 0.15) is 0 Å². The third-order valence-electron chi connectivity index (χ3n) is 2.43. The zero-order valence-corrected chi connectivity index (χ0v) is 16.6. The Morgan fingerprint density at radius 2 is 1.89 bits per heavy atom. The first-order chi connectivity index (χ1) is 7.67. The maximum atomic E-state index is 5.70. The minimum atomic E-state index is -1.55. The summed E-state index contributed by atoms with van der Waals surface area (Å²) in [5, 5.41) is 1.32. The molecular weight excluding hydrogens is 374 g/mol. The van der Waals surface area contributed by atoms with Gasteiger partial charge in [0.15, 0.2) is 8.32 Å². The van der Waals surface area contributed by atoms with Crippen LogP contribution in [-0.4, -0.2) is 14.9 Å². The van der Waals surface area contributed by atoms with Crippen molar-refractivity contribution in [1.82, 2.24) is 0 Å². The monoisotopic (exact) mass is 392 g/mol. The fourth-order valence-electron chi connectivity index (χ4n) is 1.60. The van der Waals surface area contributed by atoms with Crippen LogP contribution >= 0.6 is 0 Å². The Morgan fingerprint density at radius 3 is 2.21 bits per heavy atom. The van der Waals surface area contributed by atoms with Crippen molar-refractivity contribution in [2.45, 2.75) is 32.9 Å². The number of hydrogen-bond acceptors (Lipinski definition) is 1. The molecule has 0 aromatic heterocycles. The summed E-state index contributed by atoms with van der Waals surface area (Å²) in [6.45, 7) is 7.30. The second-order valence-corrected chi connectivity index (χ2v) is 7.99. The quantitative estimate of drug-likeness (QED) is 0.389. The zero-order valence-electron chi connectivity index (χ0n) is 11.7. The number of halogens is 2. The molecule has 0 aromatic rings. The molecule has 0 spiro atoms. The van der Waals surface area contributed by atoms with Gasteiger partial charge in [0.2, 0.25) is 0 Å². The van der Waals surface area contributed by atoms with E-state index in [-0.39, 0.29) is 51.0 Å². The second-order valence-electron chi connectivity index (χ2n) is 4.14. The molecule has 2 aliphatic carbocycles. The van der Waals surface area contributed by atoms with Gasteiger partial charge in [-0.1, -0.05) is 0 Å². The van der Waals surface area contributed by atoms with Gasteiger partial charge in [-0.3, -0.25) is 12.2 Å². The van der Waals surface area contributed by atoms with Crippen LogP contribution in [0.2, 0.25) is 13.1 Å². The van der Waals surface area contributed by atoms with Crippen molar-refractivity contribution < 1.29 is 55.4 Å².